The van der Waals surface area contributed by atoms with Gasteiger partial charge in [-0.25, -0.2) is 0 Å². The molecule has 2 aliphatic rings. The molecule has 0 radical (unpaired) electrons. The third-order valence-electron chi connectivity index (χ3n) is 2.54. The van der Waals surface area contributed by atoms with Crippen molar-refractivity contribution in [3.8, 4) is 0 Å². The summed E-state index contributed by atoms with van der Waals surface area (Å²) in [4.78, 5) is 2.53. The molecule has 0 spiro atoms. The maximum absolute atomic E-state index is 5.16. The van der Waals surface area contributed by atoms with Crippen LogP contribution < -0.4 is 5.32 Å². The lowest BCUT2D eigenvalue weighted by Crippen LogP contribution is -2.58. The lowest BCUT2D eigenvalue weighted by atomic mass is 10.1. The Hall–Kier alpha value is -0.120. The zero-order valence-corrected chi connectivity index (χ0v) is 7.05. The molecule has 64 valence electrons. The molecule has 0 aromatic carbocycles. The second-order valence-corrected chi connectivity index (χ2v) is 3.54. The van der Waals surface area contributed by atoms with Gasteiger partial charge in [0.05, 0.1) is 19.3 Å². The van der Waals surface area contributed by atoms with E-state index in [0.717, 1.165) is 25.8 Å². The molecule has 3 heteroatoms. The van der Waals surface area contributed by atoms with Gasteiger partial charge in [0.25, 0.3) is 0 Å². The topological polar surface area (TPSA) is 24.5 Å². The Morgan fingerprint density at radius 3 is 2.82 bits per heavy atom. The molecule has 0 amide bonds. The second kappa shape index (κ2) is 3.09. The maximum atomic E-state index is 5.16. The predicted octanol–water partition coefficient (Wildman–Crippen LogP) is -0.321. The Kier molecular flexibility index (Phi) is 2.11. The molecule has 0 unspecified atom stereocenters. The molecule has 2 heterocycles. The van der Waals surface area contributed by atoms with Crippen molar-refractivity contribution in [3.05, 3.63) is 0 Å². The second-order valence-electron chi connectivity index (χ2n) is 3.54. The minimum atomic E-state index is 0.657. The molecule has 2 saturated heterocycles. The van der Waals surface area contributed by atoms with Crippen LogP contribution in [0.2, 0.25) is 0 Å². The minimum Gasteiger partial charge on any atom is -0.378 e. The first-order chi connectivity index (χ1) is 5.36. The summed E-state index contributed by atoms with van der Waals surface area (Å²) in [5, 5.41) is 3.43. The number of piperazine rings is 1. The average molecular weight is 156 g/mol. The van der Waals surface area contributed by atoms with Crippen LogP contribution in [0.5, 0.6) is 0 Å². The quantitative estimate of drug-likeness (QED) is 0.563. The first-order valence-corrected chi connectivity index (χ1v) is 4.41. The molecule has 0 saturated carbocycles. The molecular weight excluding hydrogens is 140 g/mol. The van der Waals surface area contributed by atoms with Crippen molar-refractivity contribution in [2.75, 3.05) is 32.8 Å². The third-order valence-corrected chi connectivity index (χ3v) is 2.54. The molecule has 2 fully saturated rings. The Morgan fingerprint density at radius 2 is 2.27 bits per heavy atom. The molecule has 11 heavy (non-hydrogen) atoms. The van der Waals surface area contributed by atoms with Gasteiger partial charge in [0.2, 0.25) is 0 Å². The fourth-order valence-electron chi connectivity index (χ4n) is 1.73. The van der Waals surface area contributed by atoms with Crippen LogP contribution in [0, 0.1) is 0 Å². The van der Waals surface area contributed by atoms with Gasteiger partial charge < -0.3 is 10.1 Å². The van der Waals surface area contributed by atoms with Gasteiger partial charge in [-0.1, -0.05) is 0 Å². The lowest BCUT2D eigenvalue weighted by Gasteiger charge is -2.41. The van der Waals surface area contributed by atoms with E-state index in [-0.39, 0.29) is 0 Å². The summed E-state index contributed by atoms with van der Waals surface area (Å²) in [5.41, 5.74) is 0. The first kappa shape index (κ1) is 7.53. The molecule has 0 aliphatic carbocycles. The molecule has 0 aromatic heterocycles. The van der Waals surface area contributed by atoms with Crippen molar-refractivity contribution in [3.63, 3.8) is 0 Å². The summed E-state index contributed by atoms with van der Waals surface area (Å²) >= 11 is 0. The fraction of sp³-hybridized carbons (Fsp3) is 1.00. The number of rotatable bonds is 1. The summed E-state index contributed by atoms with van der Waals surface area (Å²) in [6, 6.07) is 1.38. The Bertz CT molecular complexity index is 136. The van der Waals surface area contributed by atoms with Gasteiger partial charge in [-0.15, -0.1) is 0 Å². The van der Waals surface area contributed by atoms with E-state index >= 15 is 0 Å². The first-order valence-electron chi connectivity index (χ1n) is 4.41. The molecule has 1 atom stereocenters. The molecule has 2 aliphatic heterocycles. The number of ether oxygens (including phenoxy) is 1. The summed E-state index contributed by atoms with van der Waals surface area (Å²) in [7, 11) is 0. The molecular formula is C8H16N2O. The van der Waals surface area contributed by atoms with E-state index in [0.29, 0.717) is 6.04 Å². The summed E-state index contributed by atoms with van der Waals surface area (Å²) in [6.45, 7) is 7.66. The van der Waals surface area contributed by atoms with Crippen LogP contribution in [0.25, 0.3) is 0 Å². The molecule has 3 nitrogen and oxygen atoms in total. The maximum Gasteiger partial charge on any atom is 0.0645 e. The SMILES string of the molecule is C[C@@H]1CN(C2COC2)CCN1. The summed E-state index contributed by atoms with van der Waals surface area (Å²) in [6.07, 6.45) is 0. The highest BCUT2D eigenvalue weighted by Gasteiger charge is 2.28. The van der Waals surface area contributed by atoms with Crippen molar-refractivity contribution >= 4 is 0 Å². The van der Waals surface area contributed by atoms with Crippen LogP contribution in [-0.2, 0) is 4.74 Å². The van der Waals surface area contributed by atoms with Crippen molar-refractivity contribution < 1.29 is 4.74 Å². The van der Waals surface area contributed by atoms with Gasteiger partial charge in [-0.3, -0.25) is 4.90 Å². The van der Waals surface area contributed by atoms with Gasteiger partial charge in [-0.05, 0) is 6.92 Å². The Labute approximate surface area is 67.7 Å². The molecule has 0 aromatic rings. The van der Waals surface area contributed by atoms with Crippen LogP contribution in [0.1, 0.15) is 6.92 Å². The largest absolute Gasteiger partial charge is 0.378 e. The average Bonchev–Trinajstić information content (AvgIpc) is 1.83. The number of nitrogens with one attached hydrogen (secondary N) is 1. The highest BCUT2D eigenvalue weighted by Crippen LogP contribution is 2.12. The predicted molar refractivity (Wildman–Crippen MR) is 43.6 cm³/mol. The smallest absolute Gasteiger partial charge is 0.0645 e. The Balaban J connectivity index is 1.82. The van der Waals surface area contributed by atoms with Crippen LogP contribution in [0.15, 0.2) is 0 Å². The van der Waals surface area contributed by atoms with Crippen molar-refractivity contribution in [2.45, 2.75) is 19.0 Å². The van der Waals surface area contributed by atoms with Crippen LogP contribution in [0.3, 0.4) is 0 Å². The zero-order valence-electron chi connectivity index (χ0n) is 7.05. The van der Waals surface area contributed by atoms with Gasteiger partial charge in [0.15, 0.2) is 0 Å². The monoisotopic (exact) mass is 156 g/mol. The summed E-state index contributed by atoms with van der Waals surface area (Å²) < 4.78 is 5.16. The molecule has 2 rings (SSSR count). The highest BCUT2D eigenvalue weighted by molar-refractivity contribution is 4.83. The van der Waals surface area contributed by atoms with E-state index in [1.807, 2.05) is 0 Å². The van der Waals surface area contributed by atoms with E-state index in [9.17, 15) is 0 Å². The molecule has 1 N–H and O–H groups in total. The summed E-state index contributed by atoms with van der Waals surface area (Å²) in [5.74, 6) is 0. The van der Waals surface area contributed by atoms with Gasteiger partial charge in [0, 0.05) is 25.7 Å². The highest BCUT2D eigenvalue weighted by atomic mass is 16.5. The third kappa shape index (κ3) is 1.55. The fourth-order valence-corrected chi connectivity index (χ4v) is 1.73. The number of hydrogen-bond acceptors (Lipinski definition) is 3. The normalized spacial score (nSPS) is 35.2. The minimum absolute atomic E-state index is 0.657. The van der Waals surface area contributed by atoms with Crippen molar-refractivity contribution in [1.29, 1.82) is 0 Å². The van der Waals surface area contributed by atoms with Gasteiger partial charge in [0.1, 0.15) is 0 Å². The van der Waals surface area contributed by atoms with E-state index < -0.39 is 0 Å². The number of hydrogen-bond donors (Lipinski definition) is 1. The Morgan fingerprint density at radius 1 is 1.45 bits per heavy atom. The molecule has 0 bridgehead atoms. The van der Waals surface area contributed by atoms with Gasteiger partial charge >= 0.3 is 0 Å². The van der Waals surface area contributed by atoms with Crippen LogP contribution in [-0.4, -0.2) is 49.8 Å². The van der Waals surface area contributed by atoms with Crippen molar-refractivity contribution in [1.82, 2.24) is 10.2 Å². The number of nitrogens with zero attached hydrogens (tertiary/aromatic N) is 1. The van der Waals surface area contributed by atoms with Crippen LogP contribution >= 0.6 is 0 Å². The van der Waals surface area contributed by atoms with E-state index in [2.05, 4.69) is 17.1 Å². The van der Waals surface area contributed by atoms with E-state index in [1.54, 1.807) is 0 Å². The van der Waals surface area contributed by atoms with E-state index in [4.69, 9.17) is 4.74 Å². The van der Waals surface area contributed by atoms with Crippen LogP contribution in [0.4, 0.5) is 0 Å². The van der Waals surface area contributed by atoms with Crippen molar-refractivity contribution in [2.24, 2.45) is 0 Å². The van der Waals surface area contributed by atoms with E-state index in [1.165, 1.54) is 13.1 Å². The zero-order chi connectivity index (χ0) is 7.68. The lowest BCUT2D eigenvalue weighted by molar-refractivity contribution is -0.0714. The van der Waals surface area contributed by atoms with Gasteiger partial charge in [-0.2, -0.15) is 0 Å². The standard InChI is InChI=1S/C8H16N2O/c1-7-4-10(3-2-9-7)8-5-11-6-8/h7-9H,2-6H2,1H3/t7-/m1/s1.